The van der Waals surface area contributed by atoms with E-state index in [1.54, 1.807) is 13.2 Å². The van der Waals surface area contributed by atoms with Crippen LogP contribution >= 0.6 is 0 Å². The van der Waals surface area contributed by atoms with Crippen molar-refractivity contribution in [1.29, 1.82) is 0 Å². The second kappa shape index (κ2) is 18.5. The lowest BCUT2D eigenvalue weighted by Crippen LogP contribution is -2.67. The Balaban J connectivity index is 2.13. The average molecular weight is 719 g/mol. The number of benzene rings is 1. The zero-order valence-electron chi connectivity index (χ0n) is 34.3. The van der Waals surface area contributed by atoms with Crippen LogP contribution in [0.2, 0.25) is 26.7 Å². The number of hydrogen-bond donors (Lipinski definition) is 0. The summed E-state index contributed by atoms with van der Waals surface area (Å²) in [5, 5.41) is -0.279. The first-order chi connectivity index (χ1) is 22.6. The first-order valence-electron chi connectivity index (χ1n) is 19.0. The Kier molecular flexibility index (Phi) is 16.5. The third-order valence-corrected chi connectivity index (χ3v) is 22.2. The van der Waals surface area contributed by atoms with Crippen molar-refractivity contribution in [3.8, 4) is 5.75 Å². The van der Waals surface area contributed by atoms with Crippen LogP contribution in [0.25, 0.3) is 0 Å². The summed E-state index contributed by atoms with van der Waals surface area (Å²) in [6.07, 6.45) is 5.89. The minimum atomic E-state index is -2.79. The summed E-state index contributed by atoms with van der Waals surface area (Å²) in [5.74, 6) is 1.64. The molecule has 1 aliphatic heterocycles. The summed E-state index contributed by atoms with van der Waals surface area (Å²) < 4.78 is 32.8. The molecule has 0 saturated carbocycles. The fourth-order valence-electron chi connectivity index (χ4n) is 8.50. The largest absolute Gasteiger partial charge is 0.497 e. The SMILES string of the molecule is COc1ccc(COCC[C@@H](C)CC(=O)/C=C/C[C@@H]2O[Si](C(C)(C)C)(C(C)(C)C)O[C@@H]([C@@H](C)CO[Si](C(C)C)(C(C)C)C(C)C)[C@@H]2C)cc1. The van der Waals surface area contributed by atoms with Crippen molar-refractivity contribution < 1.29 is 27.5 Å². The van der Waals surface area contributed by atoms with Gasteiger partial charge in [-0.1, -0.05) is 122 Å². The van der Waals surface area contributed by atoms with E-state index >= 15 is 0 Å². The number of allylic oxidation sites excluding steroid dienone is 1. The Morgan fingerprint density at radius 3 is 1.94 bits per heavy atom. The van der Waals surface area contributed by atoms with Crippen LogP contribution in [0.3, 0.4) is 0 Å². The van der Waals surface area contributed by atoms with Crippen molar-refractivity contribution >= 4 is 22.7 Å². The molecule has 5 atom stereocenters. The van der Waals surface area contributed by atoms with Crippen LogP contribution in [0, 0.1) is 17.8 Å². The second-order valence-electron chi connectivity index (χ2n) is 17.9. The molecule has 282 valence electrons. The molecule has 8 heteroatoms. The molecule has 0 radical (unpaired) electrons. The summed E-state index contributed by atoms with van der Waals surface area (Å²) in [4.78, 5) is 13.0. The molecule has 1 saturated heterocycles. The zero-order chi connectivity index (χ0) is 37.4. The Morgan fingerprint density at radius 2 is 1.45 bits per heavy atom. The molecule has 0 aliphatic carbocycles. The van der Waals surface area contributed by atoms with Crippen LogP contribution in [0.15, 0.2) is 36.4 Å². The van der Waals surface area contributed by atoms with Crippen LogP contribution < -0.4 is 4.74 Å². The van der Waals surface area contributed by atoms with Gasteiger partial charge in [0, 0.05) is 41.5 Å². The first kappa shape index (κ1) is 43.9. The maximum absolute atomic E-state index is 13.0. The predicted molar refractivity (Wildman–Crippen MR) is 210 cm³/mol. The smallest absolute Gasteiger partial charge is 0.349 e. The molecule has 0 unspecified atom stereocenters. The standard InChI is InChI=1S/C41H74O6Si2/c1-29(2)48(30(3)4,31(5)6)45-27-33(8)39-34(9)38(46-49(47-39,40(10,11)12)41(13,14)15)19-17-18-36(42)26-32(7)24-25-44-28-35-20-22-37(43-16)23-21-35/h17-18,20-23,29-34,38-39H,19,24-28H2,1-16H3/b18-17+/t32-,33+,34-,38+,39+/m1/s1. The summed E-state index contributed by atoms with van der Waals surface area (Å²) in [6, 6.07) is 7.93. The lowest BCUT2D eigenvalue weighted by molar-refractivity contribution is -0.115. The Morgan fingerprint density at radius 1 is 0.898 bits per heavy atom. The number of hydrogen-bond acceptors (Lipinski definition) is 6. The van der Waals surface area contributed by atoms with E-state index in [2.05, 4.69) is 110 Å². The van der Waals surface area contributed by atoms with E-state index in [0.29, 0.717) is 49.3 Å². The van der Waals surface area contributed by atoms with Crippen LogP contribution in [0.1, 0.15) is 129 Å². The molecular weight excluding hydrogens is 645 g/mol. The normalized spacial score (nSPS) is 21.9. The molecule has 49 heavy (non-hydrogen) atoms. The van der Waals surface area contributed by atoms with E-state index in [1.807, 2.05) is 24.3 Å². The fraction of sp³-hybridized carbons (Fsp3) is 0.780. The predicted octanol–water partition coefficient (Wildman–Crippen LogP) is 11.4. The number of methoxy groups -OCH3 is 1. The van der Waals surface area contributed by atoms with Crippen molar-refractivity contribution in [3.05, 3.63) is 42.0 Å². The molecule has 1 aliphatic rings. The summed E-state index contributed by atoms with van der Waals surface area (Å²) in [7, 11) is -3.14. The number of ketones is 1. The van der Waals surface area contributed by atoms with E-state index in [-0.39, 0.29) is 45.8 Å². The van der Waals surface area contributed by atoms with Crippen LogP contribution in [-0.4, -0.2) is 55.2 Å². The van der Waals surface area contributed by atoms with Crippen LogP contribution in [0.5, 0.6) is 5.75 Å². The maximum Gasteiger partial charge on any atom is 0.349 e. The lowest BCUT2D eigenvalue weighted by atomic mass is 9.88. The number of carbonyl (C=O) groups excluding carboxylic acids is 1. The van der Waals surface area contributed by atoms with Gasteiger partial charge < -0.3 is 22.8 Å². The third kappa shape index (κ3) is 11.1. The van der Waals surface area contributed by atoms with Gasteiger partial charge >= 0.3 is 8.56 Å². The minimum absolute atomic E-state index is 0.0177. The molecular formula is C41H74O6Si2. The Bertz CT molecular complexity index is 1130. The molecule has 0 spiro atoms. The van der Waals surface area contributed by atoms with E-state index < -0.39 is 16.9 Å². The van der Waals surface area contributed by atoms with Gasteiger partial charge in [0.15, 0.2) is 14.1 Å². The van der Waals surface area contributed by atoms with Crippen molar-refractivity contribution in [1.82, 2.24) is 0 Å². The highest BCUT2D eigenvalue weighted by atomic mass is 28.4. The molecule has 0 amide bonds. The molecule has 0 bridgehead atoms. The molecule has 2 rings (SSSR count). The van der Waals surface area contributed by atoms with Gasteiger partial charge in [-0.2, -0.15) is 0 Å². The lowest BCUT2D eigenvalue weighted by Gasteiger charge is -2.58. The van der Waals surface area contributed by atoms with Gasteiger partial charge in [-0.05, 0) is 59.2 Å². The van der Waals surface area contributed by atoms with Gasteiger partial charge in [0.2, 0.25) is 0 Å². The molecule has 1 aromatic rings. The summed E-state index contributed by atoms with van der Waals surface area (Å²) >= 11 is 0. The molecule has 0 aromatic heterocycles. The van der Waals surface area contributed by atoms with Crippen molar-refractivity contribution in [2.24, 2.45) is 17.8 Å². The van der Waals surface area contributed by atoms with Gasteiger partial charge in [-0.3, -0.25) is 4.79 Å². The Hall–Kier alpha value is -1.30. The molecule has 0 N–H and O–H groups in total. The third-order valence-electron chi connectivity index (χ3n) is 11.0. The molecule has 1 aromatic carbocycles. The van der Waals surface area contributed by atoms with Crippen LogP contribution in [0.4, 0.5) is 0 Å². The number of carbonyl (C=O) groups is 1. The van der Waals surface area contributed by atoms with E-state index in [9.17, 15) is 4.79 Å². The van der Waals surface area contributed by atoms with Crippen LogP contribution in [-0.2, 0) is 29.4 Å². The quantitative estimate of drug-likeness (QED) is 0.0855. The highest BCUT2D eigenvalue weighted by Crippen LogP contribution is 2.57. The van der Waals surface area contributed by atoms with Crippen molar-refractivity contribution in [3.63, 3.8) is 0 Å². The van der Waals surface area contributed by atoms with E-state index in [4.69, 9.17) is 22.8 Å². The van der Waals surface area contributed by atoms with Gasteiger partial charge in [-0.15, -0.1) is 0 Å². The van der Waals surface area contributed by atoms with Crippen molar-refractivity contribution in [2.45, 2.75) is 169 Å². The Labute approximate surface area is 303 Å². The van der Waals surface area contributed by atoms with E-state index in [0.717, 1.165) is 17.7 Å². The average Bonchev–Trinajstić information content (AvgIpc) is 2.98. The maximum atomic E-state index is 13.0. The van der Waals surface area contributed by atoms with Gasteiger partial charge in [-0.25, -0.2) is 0 Å². The number of ether oxygens (including phenoxy) is 2. The topological polar surface area (TPSA) is 63.2 Å². The van der Waals surface area contributed by atoms with Gasteiger partial charge in [0.05, 0.1) is 25.9 Å². The highest BCUT2D eigenvalue weighted by molar-refractivity contribution is 6.77. The van der Waals surface area contributed by atoms with Gasteiger partial charge in [0.25, 0.3) is 0 Å². The first-order valence-corrected chi connectivity index (χ1v) is 23.0. The summed E-state index contributed by atoms with van der Waals surface area (Å²) in [5.41, 5.74) is 2.73. The number of rotatable bonds is 18. The fourth-order valence-corrected chi connectivity index (χ4v) is 19.3. The molecule has 1 heterocycles. The minimum Gasteiger partial charge on any atom is -0.497 e. The van der Waals surface area contributed by atoms with E-state index in [1.165, 1.54) is 0 Å². The summed E-state index contributed by atoms with van der Waals surface area (Å²) in [6.45, 7) is 36.4. The van der Waals surface area contributed by atoms with Crippen molar-refractivity contribution in [2.75, 3.05) is 20.3 Å². The zero-order valence-corrected chi connectivity index (χ0v) is 36.3. The highest BCUT2D eigenvalue weighted by Gasteiger charge is 2.63. The monoisotopic (exact) mass is 719 g/mol. The van der Waals surface area contributed by atoms with Gasteiger partial charge in [0.1, 0.15) is 5.75 Å². The second-order valence-corrected chi connectivity index (χ2v) is 28.1. The molecule has 6 nitrogen and oxygen atoms in total. The molecule has 1 fully saturated rings.